The number of carbonyl (C=O) groups is 2. The second-order valence-corrected chi connectivity index (χ2v) is 10.5. The Morgan fingerprint density at radius 1 is 1.06 bits per heavy atom. The number of anilines is 1. The quantitative estimate of drug-likeness (QED) is 0.479. The number of ether oxygens (including phenoxy) is 1. The van der Waals surface area contributed by atoms with Gasteiger partial charge >= 0.3 is 0 Å². The number of methoxy groups -OCH3 is 1. The Labute approximate surface area is 209 Å². The van der Waals surface area contributed by atoms with Crippen molar-refractivity contribution in [2.45, 2.75) is 53.1 Å². The van der Waals surface area contributed by atoms with E-state index >= 15 is 0 Å². The summed E-state index contributed by atoms with van der Waals surface area (Å²) in [5.41, 5.74) is 2.96. The molecule has 2 amide bonds. The highest BCUT2D eigenvalue weighted by molar-refractivity contribution is 7.92. The van der Waals surface area contributed by atoms with Gasteiger partial charge in [-0.05, 0) is 61.6 Å². The van der Waals surface area contributed by atoms with E-state index in [4.69, 9.17) is 4.74 Å². The summed E-state index contributed by atoms with van der Waals surface area (Å²) in [7, 11) is -2.19. The molecule has 0 spiro atoms. The van der Waals surface area contributed by atoms with E-state index in [9.17, 15) is 18.0 Å². The molecule has 2 rings (SSSR count). The van der Waals surface area contributed by atoms with E-state index in [0.717, 1.165) is 33.7 Å². The van der Waals surface area contributed by atoms with Gasteiger partial charge in [-0.25, -0.2) is 8.42 Å². The molecular weight excluding hydrogens is 466 g/mol. The van der Waals surface area contributed by atoms with E-state index in [0.29, 0.717) is 24.4 Å². The minimum Gasteiger partial charge on any atom is -0.497 e. The molecule has 35 heavy (non-hydrogen) atoms. The van der Waals surface area contributed by atoms with E-state index in [1.165, 1.54) is 4.90 Å². The van der Waals surface area contributed by atoms with Crippen molar-refractivity contribution in [3.8, 4) is 5.75 Å². The highest BCUT2D eigenvalue weighted by Gasteiger charge is 2.32. The molecule has 0 fully saturated rings. The van der Waals surface area contributed by atoms with Crippen molar-refractivity contribution in [1.82, 2.24) is 10.2 Å². The minimum absolute atomic E-state index is 0.158. The topological polar surface area (TPSA) is 96.0 Å². The minimum atomic E-state index is -3.77. The molecule has 0 heterocycles. The first-order chi connectivity index (χ1) is 16.5. The molecule has 0 aliphatic rings. The number of nitrogens with one attached hydrogen (secondary N) is 1. The van der Waals surface area contributed by atoms with E-state index < -0.39 is 28.5 Å². The Balaban J connectivity index is 2.46. The first-order valence-electron chi connectivity index (χ1n) is 11.8. The van der Waals surface area contributed by atoms with Crippen LogP contribution >= 0.6 is 0 Å². The Morgan fingerprint density at radius 3 is 2.26 bits per heavy atom. The summed E-state index contributed by atoms with van der Waals surface area (Å²) in [5.74, 6) is -0.0305. The third kappa shape index (κ3) is 7.45. The van der Waals surface area contributed by atoms with Gasteiger partial charge in [0, 0.05) is 13.1 Å². The molecule has 0 saturated carbocycles. The molecule has 8 nitrogen and oxygen atoms in total. The monoisotopic (exact) mass is 503 g/mol. The van der Waals surface area contributed by atoms with Crippen LogP contribution in [0.3, 0.4) is 0 Å². The number of hydrogen-bond acceptors (Lipinski definition) is 5. The fraction of sp³-hybridized carbons (Fsp3) is 0.462. The number of aryl methyl sites for hydroxylation is 1. The summed E-state index contributed by atoms with van der Waals surface area (Å²) >= 11 is 0. The Kier molecular flexibility index (Phi) is 10.1. The maximum atomic E-state index is 13.7. The normalized spacial score (nSPS) is 12.1. The van der Waals surface area contributed by atoms with Gasteiger partial charge in [0.2, 0.25) is 21.8 Å². The molecule has 0 bridgehead atoms. The second kappa shape index (κ2) is 12.6. The lowest BCUT2D eigenvalue weighted by molar-refractivity contribution is -0.140. The molecule has 2 aromatic rings. The largest absolute Gasteiger partial charge is 0.497 e. The molecule has 0 saturated heterocycles. The molecule has 0 aromatic heterocycles. The highest BCUT2D eigenvalue weighted by atomic mass is 32.2. The summed E-state index contributed by atoms with van der Waals surface area (Å²) in [6, 6.07) is 11.8. The Bertz CT molecular complexity index is 1120. The zero-order valence-corrected chi connectivity index (χ0v) is 22.3. The number of carbonyl (C=O) groups excluding carboxylic acids is 2. The number of sulfonamides is 1. The van der Waals surface area contributed by atoms with Gasteiger partial charge in [0.15, 0.2) is 0 Å². The SMILES string of the molecule is CCCNC(=O)[C@@H](CC)N(Cc1ccc(OC)cc1)C(=O)CN(c1cccc(C)c1C)S(C)(=O)=O. The maximum absolute atomic E-state index is 13.7. The standard InChI is InChI=1S/C26H37N3O5S/c1-7-16-27-26(31)23(8-2)28(17-21-12-14-22(34-5)15-13-21)25(30)18-29(35(6,32)33)24-11-9-10-19(3)20(24)4/h9-15,23H,7-8,16-18H2,1-6H3,(H,27,31)/t23-/m1/s1. The van der Waals surface area contributed by atoms with E-state index in [2.05, 4.69) is 5.32 Å². The molecule has 0 aliphatic heterocycles. The number of benzene rings is 2. The van der Waals surface area contributed by atoms with Crippen molar-refractivity contribution in [1.29, 1.82) is 0 Å². The summed E-state index contributed by atoms with van der Waals surface area (Å²) in [6.45, 7) is 7.76. The van der Waals surface area contributed by atoms with Crippen LogP contribution in [0.5, 0.6) is 5.75 Å². The van der Waals surface area contributed by atoms with Crippen LogP contribution in [0.15, 0.2) is 42.5 Å². The van der Waals surface area contributed by atoms with E-state index in [1.807, 2.05) is 45.9 Å². The van der Waals surface area contributed by atoms with Crippen molar-refractivity contribution in [2.75, 3.05) is 30.8 Å². The van der Waals surface area contributed by atoms with Crippen LogP contribution in [0.2, 0.25) is 0 Å². The van der Waals surface area contributed by atoms with Gasteiger partial charge in [-0.2, -0.15) is 0 Å². The second-order valence-electron chi connectivity index (χ2n) is 8.57. The van der Waals surface area contributed by atoms with E-state index in [1.54, 1.807) is 31.4 Å². The van der Waals surface area contributed by atoms with Gasteiger partial charge in [0.05, 0.1) is 19.1 Å². The van der Waals surface area contributed by atoms with Gasteiger partial charge < -0.3 is 15.0 Å². The first kappa shape index (κ1) is 28.2. The molecule has 2 aromatic carbocycles. The zero-order valence-electron chi connectivity index (χ0n) is 21.5. The van der Waals surface area contributed by atoms with Crippen molar-refractivity contribution < 1.29 is 22.7 Å². The van der Waals surface area contributed by atoms with E-state index in [-0.39, 0.29) is 12.5 Å². The van der Waals surface area contributed by atoms with Crippen molar-refractivity contribution in [3.05, 3.63) is 59.2 Å². The molecule has 1 atom stereocenters. The molecule has 0 aliphatic carbocycles. The van der Waals surface area contributed by atoms with Crippen LogP contribution < -0.4 is 14.4 Å². The summed E-state index contributed by atoms with van der Waals surface area (Å²) in [5, 5.41) is 2.87. The molecule has 0 radical (unpaired) electrons. The van der Waals surface area contributed by atoms with Crippen molar-refractivity contribution >= 4 is 27.5 Å². The summed E-state index contributed by atoms with van der Waals surface area (Å²) < 4.78 is 31.9. The average Bonchev–Trinajstić information content (AvgIpc) is 2.82. The van der Waals surface area contributed by atoms with Crippen LogP contribution in [-0.2, 0) is 26.2 Å². The Morgan fingerprint density at radius 2 is 1.71 bits per heavy atom. The Hall–Kier alpha value is -3.07. The lowest BCUT2D eigenvalue weighted by atomic mass is 10.1. The van der Waals surface area contributed by atoms with Crippen molar-refractivity contribution in [3.63, 3.8) is 0 Å². The molecule has 0 unspecified atom stereocenters. The molecule has 9 heteroatoms. The average molecular weight is 504 g/mol. The first-order valence-corrected chi connectivity index (χ1v) is 13.6. The van der Waals surface area contributed by atoms with Gasteiger partial charge in [0.1, 0.15) is 18.3 Å². The van der Waals surface area contributed by atoms with Gasteiger partial charge in [0.25, 0.3) is 0 Å². The number of hydrogen-bond donors (Lipinski definition) is 1. The van der Waals surface area contributed by atoms with Crippen molar-refractivity contribution in [2.24, 2.45) is 0 Å². The lowest BCUT2D eigenvalue weighted by Gasteiger charge is -2.33. The summed E-state index contributed by atoms with van der Waals surface area (Å²) in [6.07, 6.45) is 2.24. The predicted octanol–water partition coefficient (Wildman–Crippen LogP) is 3.41. The summed E-state index contributed by atoms with van der Waals surface area (Å²) in [4.78, 5) is 28.1. The van der Waals surface area contributed by atoms with Crippen LogP contribution in [0.4, 0.5) is 5.69 Å². The zero-order chi connectivity index (χ0) is 26.2. The maximum Gasteiger partial charge on any atom is 0.244 e. The van der Waals surface area contributed by atoms with Crippen LogP contribution in [0.1, 0.15) is 43.4 Å². The van der Waals surface area contributed by atoms with Gasteiger partial charge in [-0.15, -0.1) is 0 Å². The third-order valence-corrected chi connectivity index (χ3v) is 7.10. The lowest BCUT2D eigenvalue weighted by Crippen LogP contribution is -2.52. The highest BCUT2D eigenvalue weighted by Crippen LogP contribution is 2.26. The van der Waals surface area contributed by atoms with Crippen LogP contribution in [0, 0.1) is 13.8 Å². The third-order valence-electron chi connectivity index (χ3n) is 5.97. The van der Waals surface area contributed by atoms with Crippen LogP contribution in [-0.4, -0.2) is 57.6 Å². The van der Waals surface area contributed by atoms with Gasteiger partial charge in [-0.3, -0.25) is 13.9 Å². The fourth-order valence-corrected chi connectivity index (χ4v) is 4.71. The molecule has 1 N–H and O–H groups in total. The van der Waals surface area contributed by atoms with Gasteiger partial charge in [-0.1, -0.05) is 38.1 Å². The molecule has 192 valence electrons. The number of nitrogens with zero attached hydrogens (tertiary/aromatic N) is 2. The fourth-order valence-electron chi connectivity index (χ4n) is 3.81. The predicted molar refractivity (Wildman–Crippen MR) is 139 cm³/mol. The number of rotatable bonds is 12. The molecular formula is C26H37N3O5S. The van der Waals surface area contributed by atoms with Crippen LogP contribution in [0.25, 0.3) is 0 Å². The number of amides is 2. The smallest absolute Gasteiger partial charge is 0.244 e.